The lowest BCUT2D eigenvalue weighted by atomic mass is 10.0. The van der Waals surface area contributed by atoms with E-state index in [0.29, 0.717) is 0 Å². The topological polar surface area (TPSA) is 50.5 Å². The van der Waals surface area contributed by atoms with Crippen molar-refractivity contribution in [1.29, 1.82) is 0 Å². The normalized spacial score (nSPS) is 11.3. The van der Waals surface area contributed by atoms with Crippen molar-refractivity contribution in [2.45, 2.75) is 0 Å². The van der Waals surface area contributed by atoms with Crippen molar-refractivity contribution in [3.8, 4) is 11.1 Å². The maximum atomic E-state index is 4.45. The number of pyridine rings is 2. The first-order chi connectivity index (χ1) is 13.9. The molecular formula is C24H18N4. The Hall–Kier alpha value is -3.92. The average molecular weight is 362 g/mol. The Labute approximate surface area is 164 Å². The van der Waals surface area contributed by atoms with Gasteiger partial charge in [0.1, 0.15) is 0 Å². The van der Waals surface area contributed by atoms with Gasteiger partial charge in [-0.3, -0.25) is 20.0 Å². The van der Waals surface area contributed by atoms with Gasteiger partial charge in [0.05, 0.1) is 11.4 Å². The fourth-order valence-electron chi connectivity index (χ4n) is 2.68. The molecule has 2 heterocycles. The lowest BCUT2D eigenvalue weighted by molar-refractivity contribution is 1.31. The van der Waals surface area contributed by atoms with Gasteiger partial charge in [0.2, 0.25) is 0 Å². The standard InChI is InChI=1S/C24H18N4/c1-5-21(6-2-19(1)17-27-23-9-13-25-14-10-23)22-7-3-20(4-8-22)18-28-24-11-15-26-16-12-24/h1-18H. The van der Waals surface area contributed by atoms with Crippen molar-refractivity contribution in [1.82, 2.24) is 9.97 Å². The van der Waals surface area contributed by atoms with E-state index in [1.807, 2.05) is 36.7 Å². The largest absolute Gasteiger partial charge is 0.265 e. The molecule has 28 heavy (non-hydrogen) atoms. The number of aliphatic imine (C=N–C) groups is 2. The van der Waals surface area contributed by atoms with Gasteiger partial charge in [-0.1, -0.05) is 48.5 Å². The molecule has 0 aliphatic rings. The van der Waals surface area contributed by atoms with E-state index in [1.54, 1.807) is 24.8 Å². The number of hydrogen-bond donors (Lipinski definition) is 0. The summed E-state index contributed by atoms with van der Waals surface area (Å²) in [7, 11) is 0. The Kier molecular flexibility index (Phi) is 5.40. The summed E-state index contributed by atoms with van der Waals surface area (Å²) < 4.78 is 0. The van der Waals surface area contributed by atoms with Crippen molar-refractivity contribution in [2.75, 3.05) is 0 Å². The molecular weight excluding hydrogens is 344 g/mol. The van der Waals surface area contributed by atoms with Gasteiger partial charge in [-0.05, 0) is 46.5 Å². The highest BCUT2D eigenvalue weighted by Crippen LogP contribution is 2.20. The van der Waals surface area contributed by atoms with E-state index < -0.39 is 0 Å². The predicted molar refractivity (Wildman–Crippen MR) is 115 cm³/mol. The molecule has 2 aromatic heterocycles. The molecule has 0 saturated heterocycles. The number of nitrogens with zero attached hydrogens (tertiary/aromatic N) is 4. The van der Waals surface area contributed by atoms with E-state index in [-0.39, 0.29) is 0 Å². The van der Waals surface area contributed by atoms with Crippen LogP contribution in [0.15, 0.2) is 108 Å². The maximum absolute atomic E-state index is 4.45. The zero-order valence-corrected chi connectivity index (χ0v) is 15.2. The molecule has 0 N–H and O–H groups in total. The van der Waals surface area contributed by atoms with Crippen LogP contribution in [0.3, 0.4) is 0 Å². The monoisotopic (exact) mass is 362 g/mol. The molecule has 2 aromatic carbocycles. The summed E-state index contributed by atoms with van der Waals surface area (Å²) in [6.07, 6.45) is 10.7. The van der Waals surface area contributed by atoms with E-state index >= 15 is 0 Å². The van der Waals surface area contributed by atoms with Crippen molar-refractivity contribution >= 4 is 23.8 Å². The van der Waals surface area contributed by atoms with Gasteiger partial charge in [-0.2, -0.15) is 0 Å². The summed E-state index contributed by atoms with van der Waals surface area (Å²) in [5.41, 5.74) is 6.23. The van der Waals surface area contributed by atoms with Crippen LogP contribution in [0.2, 0.25) is 0 Å². The van der Waals surface area contributed by atoms with Crippen LogP contribution in [0.5, 0.6) is 0 Å². The summed E-state index contributed by atoms with van der Waals surface area (Å²) in [6.45, 7) is 0. The summed E-state index contributed by atoms with van der Waals surface area (Å²) >= 11 is 0. The lowest BCUT2D eigenvalue weighted by Gasteiger charge is -2.03. The molecule has 0 amide bonds. The van der Waals surface area contributed by atoms with Crippen LogP contribution in [0.25, 0.3) is 11.1 Å². The van der Waals surface area contributed by atoms with Gasteiger partial charge in [0.25, 0.3) is 0 Å². The molecule has 4 heteroatoms. The number of aromatic nitrogens is 2. The molecule has 0 unspecified atom stereocenters. The number of rotatable bonds is 5. The Morgan fingerprint density at radius 1 is 0.464 bits per heavy atom. The second kappa shape index (κ2) is 8.64. The molecule has 0 radical (unpaired) electrons. The summed E-state index contributed by atoms with van der Waals surface area (Å²) in [5, 5.41) is 0. The molecule has 0 atom stereocenters. The van der Waals surface area contributed by atoms with Gasteiger partial charge in [0.15, 0.2) is 0 Å². The highest BCUT2D eigenvalue weighted by molar-refractivity contribution is 5.84. The molecule has 4 rings (SSSR count). The van der Waals surface area contributed by atoms with Gasteiger partial charge < -0.3 is 0 Å². The second-order valence-electron chi connectivity index (χ2n) is 6.17. The maximum Gasteiger partial charge on any atom is 0.0660 e. The molecule has 0 aliphatic heterocycles. The summed E-state index contributed by atoms with van der Waals surface area (Å²) in [6, 6.07) is 24.2. The van der Waals surface area contributed by atoms with Crippen LogP contribution in [-0.4, -0.2) is 22.4 Å². The average Bonchev–Trinajstić information content (AvgIpc) is 2.78. The molecule has 0 spiro atoms. The zero-order valence-electron chi connectivity index (χ0n) is 15.2. The molecule has 134 valence electrons. The first-order valence-electron chi connectivity index (χ1n) is 8.95. The Morgan fingerprint density at radius 2 is 0.821 bits per heavy atom. The summed E-state index contributed by atoms with van der Waals surface area (Å²) in [5.74, 6) is 0. The predicted octanol–water partition coefficient (Wildman–Crippen LogP) is 5.64. The van der Waals surface area contributed by atoms with Crippen LogP contribution in [0.1, 0.15) is 11.1 Å². The third-order valence-corrected chi connectivity index (χ3v) is 4.21. The van der Waals surface area contributed by atoms with Crippen LogP contribution in [0.4, 0.5) is 11.4 Å². The minimum absolute atomic E-state index is 0.892. The van der Waals surface area contributed by atoms with Crippen LogP contribution in [0, 0.1) is 0 Å². The highest BCUT2D eigenvalue weighted by Gasteiger charge is 1.98. The van der Waals surface area contributed by atoms with Crippen molar-refractivity contribution in [3.63, 3.8) is 0 Å². The van der Waals surface area contributed by atoms with E-state index in [2.05, 4.69) is 68.5 Å². The Morgan fingerprint density at radius 3 is 1.18 bits per heavy atom. The Bertz CT molecular complexity index is 978. The van der Waals surface area contributed by atoms with Gasteiger partial charge in [0, 0.05) is 37.2 Å². The molecule has 0 aliphatic carbocycles. The fourth-order valence-corrected chi connectivity index (χ4v) is 2.68. The minimum atomic E-state index is 0.892. The molecule has 0 saturated carbocycles. The minimum Gasteiger partial charge on any atom is -0.265 e. The number of benzene rings is 2. The smallest absolute Gasteiger partial charge is 0.0660 e. The SMILES string of the molecule is C(=Nc1ccncc1)c1ccc(-c2ccc(C=Nc3ccncc3)cc2)cc1. The van der Waals surface area contributed by atoms with Crippen LogP contribution < -0.4 is 0 Å². The molecule has 4 aromatic rings. The van der Waals surface area contributed by atoms with Crippen molar-refractivity contribution in [3.05, 3.63) is 109 Å². The number of hydrogen-bond acceptors (Lipinski definition) is 4. The second-order valence-corrected chi connectivity index (χ2v) is 6.17. The van der Waals surface area contributed by atoms with E-state index in [1.165, 1.54) is 11.1 Å². The Balaban J connectivity index is 1.44. The van der Waals surface area contributed by atoms with E-state index in [9.17, 15) is 0 Å². The quantitative estimate of drug-likeness (QED) is 0.431. The van der Waals surface area contributed by atoms with Crippen LogP contribution >= 0.6 is 0 Å². The molecule has 0 bridgehead atoms. The molecule has 0 fully saturated rings. The zero-order chi connectivity index (χ0) is 19.0. The highest BCUT2D eigenvalue weighted by atomic mass is 14.7. The van der Waals surface area contributed by atoms with Crippen molar-refractivity contribution in [2.24, 2.45) is 9.98 Å². The third kappa shape index (κ3) is 4.62. The van der Waals surface area contributed by atoms with Gasteiger partial charge >= 0.3 is 0 Å². The lowest BCUT2D eigenvalue weighted by Crippen LogP contribution is -1.84. The first-order valence-corrected chi connectivity index (χ1v) is 8.95. The van der Waals surface area contributed by atoms with Gasteiger partial charge in [-0.25, -0.2) is 0 Å². The summed E-state index contributed by atoms with van der Waals surface area (Å²) in [4.78, 5) is 16.9. The molecule has 4 nitrogen and oxygen atoms in total. The van der Waals surface area contributed by atoms with E-state index in [0.717, 1.165) is 22.5 Å². The van der Waals surface area contributed by atoms with E-state index in [4.69, 9.17) is 0 Å². The van der Waals surface area contributed by atoms with Crippen molar-refractivity contribution < 1.29 is 0 Å². The van der Waals surface area contributed by atoms with Gasteiger partial charge in [-0.15, -0.1) is 0 Å². The first kappa shape index (κ1) is 17.5. The fraction of sp³-hybridized carbons (Fsp3) is 0. The third-order valence-electron chi connectivity index (χ3n) is 4.21. The van der Waals surface area contributed by atoms with Crippen LogP contribution in [-0.2, 0) is 0 Å².